The summed E-state index contributed by atoms with van der Waals surface area (Å²) in [5.74, 6) is 1.75. The Labute approximate surface area is 118 Å². The van der Waals surface area contributed by atoms with E-state index in [2.05, 4.69) is 17.4 Å². The maximum Gasteiger partial charge on any atom is 0.120 e. The van der Waals surface area contributed by atoms with E-state index in [1.807, 2.05) is 24.3 Å². The van der Waals surface area contributed by atoms with Gasteiger partial charge in [-0.1, -0.05) is 0 Å². The van der Waals surface area contributed by atoms with Crippen molar-refractivity contribution in [1.29, 1.82) is 0 Å². The number of aromatic nitrogens is 1. The smallest absolute Gasteiger partial charge is 0.120 e. The molecule has 102 valence electrons. The van der Waals surface area contributed by atoms with Crippen LogP contribution in [0.4, 0.5) is 0 Å². The van der Waals surface area contributed by atoms with Crippen molar-refractivity contribution < 1.29 is 4.74 Å². The molecular weight excluding hydrogens is 256 g/mol. The van der Waals surface area contributed by atoms with Gasteiger partial charge in [-0.25, -0.2) is 4.98 Å². The van der Waals surface area contributed by atoms with Gasteiger partial charge in [0.1, 0.15) is 5.75 Å². The quantitative estimate of drug-likeness (QED) is 0.931. The van der Waals surface area contributed by atoms with E-state index < -0.39 is 0 Å². The van der Waals surface area contributed by atoms with Crippen LogP contribution >= 0.6 is 11.3 Å². The van der Waals surface area contributed by atoms with Crippen molar-refractivity contribution in [3.05, 3.63) is 23.2 Å². The van der Waals surface area contributed by atoms with Gasteiger partial charge >= 0.3 is 0 Å². The largest absolute Gasteiger partial charge is 0.494 e. The van der Waals surface area contributed by atoms with Gasteiger partial charge in [0.15, 0.2) is 0 Å². The van der Waals surface area contributed by atoms with E-state index in [-0.39, 0.29) is 0 Å². The first-order valence-corrected chi connectivity index (χ1v) is 7.90. The number of hydrogen-bond donors (Lipinski definition) is 1. The fourth-order valence-corrected chi connectivity index (χ4v) is 3.74. The second-order valence-corrected chi connectivity index (χ2v) is 6.18. The summed E-state index contributed by atoms with van der Waals surface area (Å²) in [6.45, 7) is 5.04. The van der Waals surface area contributed by atoms with E-state index in [4.69, 9.17) is 9.72 Å². The fourth-order valence-electron chi connectivity index (χ4n) is 2.63. The number of nitrogens with zero attached hydrogens (tertiary/aromatic N) is 1. The zero-order valence-electron chi connectivity index (χ0n) is 11.3. The minimum atomic E-state index is 0.715. The van der Waals surface area contributed by atoms with Gasteiger partial charge in [0, 0.05) is 6.42 Å². The Bertz CT molecular complexity index is 546. The first kappa shape index (κ1) is 12.9. The van der Waals surface area contributed by atoms with Crippen LogP contribution in [0.3, 0.4) is 0 Å². The molecule has 19 heavy (non-hydrogen) atoms. The number of benzene rings is 1. The van der Waals surface area contributed by atoms with Gasteiger partial charge in [0.05, 0.1) is 21.8 Å². The average Bonchev–Trinajstić information content (AvgIpc) is 2.82. The zero-order chi connectivity index (χ0) is 13.1. The highest BCUT2D eigenvalue weighted by Crippen LogP contribution is 2.29. The lowest BCUT2D eigenvalue weighted by Crippen LogP contribution is -2.28. The van der Waals surface area contributed by atoms with Gasteiger partial charge in [0.2, 0.25) is 0 Å². The Morgan fingerprint density at radius 2 is 2.21 bits per heavy atom. The molecular formula is C15H20N2OS. The molecule has 3 nitrogen and oxygen atoms in total. The van der Waals surface area contributed by atoms with Crippen LogP contribution < -0.4 is 10.1 Å². The molecule has 1 aromatic carbocycles. The van der Waals surface area contributed by atoms with Crippen LogP contribution in [0.2, 0.25) is 0 Å². The van der Waals surface area contributed by atoms with Gasteiger partial charge < -0.3 is 10.1 Å². The molecule has 1 fully saturated rings. The molecule has 0 amide bonds. The van der Waals surface area contributed by atoms with Crippen LogP contribution in [0.5, 0.6) is 5.75 Å². The minimum absolute atomic E-state index is 0.715. The van der Waals surface area contributed by atoms with Crippen LogP contribution in [0.15, 0.2) is 18.2 Å². The van der Waals surface area contributed by atoms with Gasteiger partial charge in [-0.2, -0.15) is 0 Å². The van der Waals surface area contributed by atoms with Crippen LogP contribution in [-0.4, -0.2) is 24.7 Å². The zero-order valence-corrected chi connectivity index (χ0v) is 12.1. The van der Waals surface area contributed by atoms with E-state index in [0.717, 1.165) is 36.7 Å². The molecule has 0 unspecified atom stereocenters. The molecule has 0 spiro atoms. The highest BCUT2D eigenvalue weighted by atomic mass is 32.1. The molecule has 1 N–H and O–H groups in total. The second-order valence-electron chi connectivity index (χ2n) is 5.07. The number of fused-ring (bicyclic) bond motifs is 1. The lowest BCUT2D eigenvalue weighted by atomic mass is 9.95. The summed E-state index contributed by atoms with van der Waals surface area (Å²) >= 11 is 1.82. The normalized spacial score (nSPS) is 16.9. The summed E-state index contributed by atoms with van der Waals surface area (Å²) in [4.78, 5) is 4.75. The van der Waals surface area contributed by atoms with E-state index in [9.17, 15) is 0 Å². The van der Waals surface area contributed by atoms with E-state index >= 15 is 0 Å². The third kappa shape index (κ3) is 3.07. The fraction of sp³-hybridized carbons (Fsp3) is 0.533. The lowest BCUT2D eigenvalue weighted by molar-refractivity contribution is 0.341. The maximum absolute atomic E-state index is 5.54. The Kier molecular flexibility index (Phi) is 3.99. The van der Waals surface area contributed by atoms with Crippen molar-refractivity contribution in [2.45, 2.75) is 26.2 Å². The molecule has 2 heterocycles. The molecule has 4 heteroatoms. The van der Waals surface area contributed by atoms with E-state index in [1.54, 1.807) is 0 Å². The highest BCUT2D eigenvalue weighted by Gasteiger charge is 2.15. The summed E-state index contributed by atoms with van der Waals surface area (Å²) < 4.78 is 6.79. The van der Waals surface area contributed by atoms with Gasteiger partial charge in [0.25, 0.3) is 0 Å². The van der Waals surface area contributed by atoms with Crippen molar-refractivity contribution in [2.75, 3.05) is 19.7 Å². The van der Waals surface area contributed by atoms with Crippen LogP contribution in [0, 0.1) is 5.92 Å². The van der Waals surface area contributed by atoms with Crippen molar-refractivity contribution in [3.8, 4) is 5.75 Å². The Morgan fingerprint density at radius 3 is 3.00 bits per heavy atom. The Hall–Kier alpha value is -1.13. The SMILES string of the molecule is CCOc1ccc2nc(CC3CCNCC3)sc2c1. The molecule has 0 atom stereocenters. The Balaban J connectivity index is 1.76. The summed E-state index contributed by atoms with van der Waals surface area (Å²) in [6.07, 6.45) is 3.69. The molecule has 0 saturated carbocycles. The predicted octanol–water partition coefficient (Wildman–Crippen LogP) is 3.24. The number of rotatable bonds is 4. The lowest BCUT2D eigenvalue weighted by Gasteiger charge is -2.21. The summed E-state index contributed by atoms with van der Waals surface area (Å²) in [5.41, 5.74) is 1.11. The van der Waals surface area contributed by atoms with Crippen LogP contribution in [-0.2, 0) is 6.42 Å². The summed E-state index contributed by atoms with van der Waals surface area (Å²) in [5, 5.41) is 4.69. The van der Waals surface area contributed by atoms with E-state index in [0.29, 0.717) is 6.61 Å². The van der Waals surface area contributed by atoms with Gasteiger partial charge in [-0.3, -0.25) is 0 Å². The summed E-state index contributed by atoms with van der Waals surface area (Å²) in [6, 6.07) is 6.20. The minimum Gasteiger partial charge on any atom is -0.494 e. The van der Waals surface area contributed by atoms with Crippen molar-refractivity contribution in [1.82, 2.24) is 10.3 Å². The molecule has 1 aromatic heterocycles. The molecule has 0 radical (unpaired) electrons. The number of hydrogen-bond acceptors (Lipinski definition) is 4. The summed E-state index contributed by atoms with van der Waals surface area (Å²) in [7, 11) is 0. The molecule has 2 aromatic rings. The number of thiazole rings is 1. The molecule has 1 saturated heterocycles. The number of nitrogens with one attached hydrogen (secondary N) is 1. The van der Waals surface area contributed by atoms with Gasteiger partial charge in [-0.05, 0) is 57.0 Å². The number of piperidine rings is 1. The molecule has 0 bridgehead atoms. The topological polar surface area (TPSA) is 34.1 Å². The van der Waals surface area contributed by atoms with Crippen molar-refractivity contribution in [3.63, 3.8) is 0 Å². The van der Waals surface area contributed by atoms with E-state index in [1.165, 1.54) is 22.5 Å². The maximum atomic E-state index is 5.54. The van der Waals surface area contributed by atoms with Crippen molar-refractivity contribution in [2.24, 2.45) is 5.92 Å². The first-order chi connectivity index (χ1) is 9.35. The molecule has 0 aliphatic carbocycles. The highest BCUT2D eigenvalue weighted by molar-refractivity contribution is 7.18. The Morgan fingerprint density at radius 1 is 1.37 bits per heavy atom. The van der Waals surface area contributed by atoms with Crippen LogP contribution in [0.1, 0.15) is 24.8 Å². The van der Waals surface area contributed by atoms with Gasteiger partial charge in [-0.15, -0.1) is 11.3 Å². The average molecular weight is 276 g/mol. The predicted molar refractivity (Wildman–Crippen MR) is 80.1 cm³/mol. The third-order valence-electron chi connectivity index (χ3n) is 3.64. The molecule has 1 aliphatic heterocycles. The first-order valence-electron chi connectivity index (χ1n) is 7.08. The second kappa shape index (κ2) is 5.88. The number of ether oxygens (including phenoxy) is 1. The molecule has 3 rings (SSSR count). The van der Waals surface area contributed by atoms with Crippen molar-refractivity contribution >= 4 is 21.6 Å². The molecule has 1 aliphatic rings. The van der Waals surface area contributed by atoms with Crippen LogP contribution in [0.25, 0.3) is 10.2 Å². The third-order valence-corrected chi connectivity index (χ3v) is 4.68. The standard InChI is InChI=1S/C15H20N2OS/c1-2-18-12-3-4-13-14(10-12)19-15(17-13)9-11-5-7-16-8-6-11/h3-4,10-11,16H,2,5-9H2,1H3. The monoisotopic (exact) mass is 276 g/mol.